The second-order valence-electron chi connectivity index (χ2n) is 4.26. The Labute approximate surface area is 106 Å². The Kier molecular flexibility index (Phi) is 3.72. The van der Waals surface area contributed by atoms with Crippen LogP contribution in [0, 0.1) is 0 Å². The third kappa shape index (κ3) is 2.41. The highest BCUT2D eigenvalue weighted by Gasteiger charge is 2.22. The van der Waals surface area contributed by atoms with Gasteiger partial charge in [-0.3, -0.25) is 4.79 Å². The fourth-order valence-corrected chi connectivity index (χ4v) is 2.19. The van der Waals surface area contributed by atoms with Crippen LogP contribution < -0.4 is 15.2 Å². The number of carbonyl (C=O) groups is 1. The van der Waals surface area contributed by atoms with Crippen molar-refractivity contribution in [2.24, 2.45) is 5.73 Å². The van der Waals surface area contributed by atoms with Crippen molar-refractivity contribution in [3.05, 3.63) is 23.3 Å². The predicted molar refractivity (Wildman–Crippen MR) is 65.7 cm³/mol. The van der Waals surface area contributed by atoms with Crippen LogP contribution in [0.2, 0.25) is 0 Å². The molecule has 0 aliphatic carbocycles. The number of nitrogens with two attached hydrogens (primary N) is 1. The van der Waals surface area contributed by atoms with Crippen LogP contribution in [0.4, 0.5) is 0 Å². The lowest BCUT2D eigenvalue weighted by molar-refractivity contribution is -0.137. The Morgan fingerprint density at radius 2 is 2.28 bits per heavy atom. The number of rotatable bonds is 5. The Bertz CT molecular complexity index is 459. The van der Waals surface area contributed by atoms with Gasteiger partial charge in [0.25, 0.3) is 0 Å². The Balaban J connectivity index is 2.24. The fraction of sp³-hybridized carbons (Fsp3) is 0.462. The van der Waals surface area contributed by atoms with Crippen molar-refractivity contribution >= 4 is 5.97 Å². The molecule has 1 aliphatic heterocycles. The van der Waals surface area contributed by atoms with Crippen molar-refractivity contribution in [3.63, 3.8) is 0 Å². The van der Waals surface area contributed by atoms with Crippen molar-refractivity contribution < 1.29 is 19.4 Å². The monoisotopic (exact) mass is 251 g/mol. The maximum absolute atomic E-state index is 10.6. The summed E-state index contributed by atoms with van der Waals surface area (Å²) < 4.78 is 10.8. The zero-order chi connectivity index (χ0) is 13.1. The first-order chi connectivity index (χ1) is 8.63. The summed E-state index contributed by atoms with van der Waals surface area (Å²) in [5, 5.41) is 8.69. The van der Waals surface area contributed by atoms with E-state index >= 15 is 0 Å². The van der Waals surface area contributed by atoms with Crippen LogP contribution >= 0.6 is 0 Å². The van der Waals surface area contributed by atoms with Gasteiger partial charge in [-0.1, -0.05) is 13.0 Å². The van der Waals surface area contributed by atoms with Crippen LogP contribution in [0.15, 0.2) is 12.1 Å². The lowest BCUT2D eigenvalue weighted by atomic mass is 9.95. The third-order valence-electron chi connectivity index (χ3n) is 3.10. The first kappa shape index (κ1) is 12.7. The van der Waals surface area contributed by atoms with Gasteiger partial charge in [0.05, 0.1) is 0 Å². The largest absolute Gasteiger partial charge is 0.481 e. The Hall–Kier alpha value is -1.75. The fourth-order valence-electron chi connectivity index (χ4n) is 2.19. The summed E-state index contributed by atoms with van der Waals surface area (Å²) in [5.74, 6) is 0.658. The molecule has 0 spiro atoms. The second kappa shape index (κ2) is 5.27. The van der Waals surface area contributed by atoms with E-state index in [1.54, 1.807) is 0 Å². The van der Waals surface area contributed by atoms with Crippen molar-refractivity contribution in [2.75, 3.05) is 6.79 Å². The van der Waals surface area contributed by atoms with Crippen LogP contribution in [0.1, 0.15) is 36.9 Å². The average molecular weight is 251 g/mol. The molecule has 98 valence electrons. The quantitative estimate of drug-likeness (QED) is 0.834. The SMILES string of the molecule is CCc1c(C(N)CCC(=O)O)ccc2c1OCO2. The van der Waals surface area contributed by atoms with Crippen molar-refractivity contribution in [2.45, 2.75) is 32.2 Å². The summed E-state index contributed by atoms with van der Waals surface area (Å²) in [7, 11) is 0. The summed E-state index contributed by atoms with van der Waals surface area (Å²) in [6.07, 6.45) is 1.27. The molecule has 1 unspecified atom stereocenters. The van der Waals surface area contributed by atoms with Gasteiger partial charge in [-0.2, -0.15) is 0 Å². The van der Waals surface area contributed by atoms with Gasteiger partial charge < -0.3 is 20.3 Å². The van der Waals surface area contributed by atoms with Gasteiger partial charge in [0.2, 0.25) is 6.79 Å². The molecule has 1 atom stereocenters. The summed E-state index contributed by atoms with van der Waals surface area (Å²) >= 11 is 0. The number of aliphatic carboxylic acids is 1. The van der Waals surface area contributed by atoms with E-state index < -0.39 is 5.97 Å². The topological polar surface area (TPSA) is 81.8 Å². The maximum Gasteiger partial charge on any atom is 0.303 e. The molecule has 0 saturated carbocycles. The van der Waals surface area contributed by atoms with Crippen LogP contribution in [0.5, 0.6) is 11.5 Å². The van der Waals surface area contributed by atoms with Crippen molar-refractivity contribution in [1.29, 1.82) is 0 Å². The molecule has 1 heterocycles. The lowest BCUT2D eigenvalue weighted by Crippen LogP contribution is -2.14. The summed E-state index contributed by atoms with van der Waals surface area (Å²) in [6.45, 7) is 2.25. The zero-order valence-electron chi connectivity index (χ0n) is 10.3. The molecule has 0 amide bonds. The minimum absolute atomic E-state index is 0.0682. The molecule has 1 aromatic rings. The molecule has 0 radical (unpaired) electrons. The third-order valence-corrected chi connectivity index (χ3v) is 3.10. The molecular weight excluding hydrogens is 234 g/mol. The molecule has 5 nitrogen and oxygen atoms in total. The van der Waals surface area contributed by atoms with E-state index in [9.17, 15) is 4.79 Å². The van der Waals surface area contributed by atoms with Gasteiger partial charge in [-0.25, -0.2) is 0 Å². The summed E-state index contributed by atoms with van der Waals surface area (Å²) in [6, 6.07) is 3.45. The smallest absolute Gasteiger partial charge is 0.303 e. The molecule has 0 saturated heterocycles. The highest BCUT2D eigenvalue weighted by Crippen LogP contribution is 2.39. The Morgan fingerprint density at radius 1 is 1.50 bits per heavy atom. The van der Waals surface area contributed by atoms with Crippen LogP contribution in [-0.2, 0) is 11.2 Å². The number of carboxylic acid groups (broad SMARTS) is 1. The standard InChI is InChI=1S/C13H17NO4/c1-2-8-9(10(14)4-6-12(15)16)3-5-11-13(8)18-7-17-11/h3,5,10H,2,4,6-7,14H2,1H3,(H,15,16). The number of hydrogen-bond donors (Lipinski definition) is 2. The normalized spacial score (nSPS) is 14.6. The molecule has 5 heteroatoms. The van der Waals surface area contributed by atoms with Gasteiger partial charge in [0, 0.05) is 18.0 Å². The number of ether oxygens (including phenoxy) is 2. The van der Waals surface area contributed by atoms with E-state index in [1.165, 1.54) is 0 Å². The lowest BCUT2D eigenvalue weighted by Gasteiger charge is -2.16. The molecule has 18 heavy (non-hydrogen) atoms. The number of carboxylic acids is 1. The van der Waals surface area contributed by atoms with Gasteiger partial charge in [0.1, 0.15) is 0 Å². The zero-order valence-corrected chi connectivity index (χ0v) is 10.3. The maximum atomic E-state index is 10.6. The van der Waals surface area contributed by atoms with E-state index in [2.05, 4.69) is 0 Å². The molecule has 1 aromatic carbocycles. The van der Waals surface area contributed by atoms with Crippen molar-refractivity contribution in [3.8, 4) is 11.5 Å². The summed E-state index contributed by atoms with van der Waals surface area (Å²) in [5.41, 5.74) is 8.02. The number of fused-ring (bicyclic) bond motifs is 1. The molecule has 0 bridgehead atoms. The van der Waals surface area contributed by atoms with Crippen LogP contribution in [0.3, 0.4) is 0 Å². The molecule has 0 aromatic heterocycles. The highest BCUT2D eigenvalue weighted by molar-refractivity contribution is 5.66. The van der Waals surface area contributed by atoms with E-state index in [0.717, 1.165) is 29.0 Å². The number of hydrogen-bond acceptors (Lipinski definition) is 4. The van der Waals surface area contributed by atoms with Crippen molar-refractivity contribution in [1.82, 2.24) is 0 Å². The number of benzene rings is 1. The first-order valence-corrected chi connectivity index (χ1v) is 6.02. The molecule has 2 rings (SSSR count). The van der Waals surface area contributed by atoms with Crippen LogP contribution in [-0.4, -0.2) is 17.9 Å². The minimum atomic E-state index is -0.829. The molecule has 3 N–H and O–H groups in total. The Morgan fingerprint density at radius 3 is 2.94 bits per heavy atom. The summed E-state index contributed by atoms with van der Waals surface area (Å²) in [4.78, 5) is 10.6. The molecular formula is C13H17NO4. The molecule has 1 aliphatic rings. The van der Waals surface area contributed by atoms with E-state index in [4.69, 9.17) is 20.3 Å². The van der Waals surface area contributed by atoms with Gasteiger partial charge in [0.15, 0.2) is 11.5 Å². The second-order valence-corrected chi connectivity index (χ2v) is 4.26. The van der Waals surface area contributed by atoms with Gasteiger partial charge >= 0.3 is 5.97 Å². The van der Waals surface area contributed by atoms with E-state index in [1.807, 2.05) is 19.1 Å². The van der Waals surface area contributed by atoms with E-state index in [-0.39, 0.29) is 19.3 Å². The highest BCUT2D eigenvalue weighted by atomic mass is 16.7. The van der Waals surface area contributed by atoms with E-state index in [0.29, 0.717) is 6.42 Å². The first-order valence-electron chi connectivity index (χ1n) is 6.02. The average Bonchev–Trinajstić information content (AvgIpc) is 2.82. The molecule has 0 fully saturated rings. The van der Waals surface area contributed by atoms with Gasteiger partial charge in [-0.05, 0) is 24.5 Å². The predicted octanol–water partition coefficient (Wildman–Crippen LogP) is 1.84. The van der Waals surface area contributed by atoms with Gasteiger partial charge in [-0.15, -0.1) is 0 Å². The van der Waals surface area contributed by atoms with Crippen LogP contribution in [0.25, 0.3) is 0 Å². The minimum Gasteiger partial charge on any atom is -0.481 e.